The van der Waals surface area contributed by atoms with Crippen molar-refractivity contribution in [2.24, 2.45) is 0 Å². The summed E-state index contributed by atoms with van der Waals surface area (Å²) in [6.45, 7) is 6.46. The molecule has 26 heavy (non-hydrogen) atoms. The standard InChI is InChI=1S/C21H19N3O2/c1-21(2,3)17-6-4-14(5-7-17)18-13-24(12-16(18)11-22)19-10-15(20(25)26)8-9-23-19/h4-10,12-13H,1-3H3,(H,25,26). The molecule has 0 fully saturated rings. The first kappa shape index (κ1) is 17.4. The van der Waals surface area contributed by atoms with Crippen molar-refractivity contribution in [3.05, 3.63) is 71.7 Å². The average Bonchev–Trinajstić information content (AvgIpc) is 3.05. The number of carbonyl (C=O) groups is 1. The van der Waals surface area contributed by atoms with Gasteiger partial charge < -0.3 is 9.67 Å². The number of nitrogens with zero attached hydrogens (tertiary/aromatic N) is 3. The predicted octanol–water partition coefficient (Wildman–Crippen LogP) is 4.41. The summed E-state index contributed by atoms with van der Waals surface area (Å²) in [6, 6.07) is 13.3. The minimum Gasteiger partial charge on any atom is -0.478 e. The molecule has 0 bridgehead atoms. The lowest BCUT2D eigenvalue weighted by atomic mass is 9.86. The van der Waals surface area contributed by atoms with Crippen LogP contribution in [0.1, 0.15) is 42.3 Å². The van der Waals surface area contributed by atoms with Crippen LogP contribution >= 0.6 is 0 Å². The minimum atomic E-state index is -1.01. The van der Waals surface area contributed by atoms with Crippen LogP contribution < -0.4 is 0 Å². The maximum absolute atomic E-state index is 11.2. The van der Waals surface area contributed by atoms with Gasteiger partial charge in [0.2, 0.25) is 0 Å². The quantitative estimate of drug-likeness (QED) is 0.763. The topological polar surface area (TPSA) is 78.9 Å². The van der Waals surface area contributed by atoms with Gasteiger partial charge in [-0.3, -0.25) is 0 Å². The second-order valence-corrected chi connectivity index (χ2v) is 7.14. The Bertz CT molecular complexity index is 1000. The zero-order valence-electron chi connectivity index (χ0n) is 14.9. The van der Waals surface area contributed by atoms with Crippen molar-refractivity contribution in [1.29, 1.82) is 5.26 Å². The van der Waals surface area contributed by atoms with Crippen LogP contribution in [0, 0.1) is 11.3 Å². The molecule has 3 aromatic rings. The van der Waals surface area contributed by atoms with Crippen molar-refractivity contribution < 1.29 is 9.90 Å². The Balaban J connectivity index is 2.04. The van der Waals surface area contributed by atoms with E-state index in [2.05, 4.69) is 44.0 Å². The molecule has 1 N–H and O–H groups in total. The molecule has 130 valence electrons. The van der Waals surface area contributed by atoms with Gasteiger partial charge in [0.25, 0.3) is 0 Å². The van der Waals surface area contributed by atoms with E-state index in [4.69, 9.17) is 5.11 Å². The summed E-state index contributed by atoms with van der Waals surface area (Å²) in [5, 5.41) is 18.6. The second kappa shape index (κ2) is 6.49. The van der Waals surface area contributed by atoms with E-state index in [-0.39, 0.29) is 11.0 Å². The Kier molecular flexibility index (Phi) is 4.35. The fourth-order valence-electron chi connectivity index (χ4n) is 2.75. The van der Waals surface area contributed by atoms with Gasteiger partial charge in [0.15, 0.2) is 0 Å². The molecular formula is C21H19N3O2. The number of hydrogen-bond donors (Lipinski definition) is 1. The Morgan fingerprint density at radius 3 is 2.42 bits per heavy atom. The number of aromatic carboxylic acids is 1. The molecule has 2 heterocycles. The van der Waals surface area contributed by atoms with Crippen LogP contribution in [0.15, 0.2) is 55.0 Å². The molecule has 3 rings (SSSR count). The molecule has 0 saturated heterocycles. The van der Waals surface area contributed by atoms with Crippen LogP contribution in [0.5, 0.6) is 0 Å². The van der Waals surface area contributed by atoms with Gasteiger partial charge >= 0.3 is 5.97 Å². The molecule has 0 amide bonds. The van der Waals surface area contributed by atoms with Gasteiger partial charge in [0.05, 0.1) is 11.1 Å². The first-order valence-electron chi connectivity index (χ1n) is 8.22. The largest absolute Gasteiger partial charge is 0.478 e. The van der Waals surface area contributed by atoms with E-state index in [1.807, 2.05) is 12.1 Å². The third-order valence-electron chi connectivity index (χ3n) is 4.27. The maximum Gasteiger partial charge on any atom is 0.335 e. The summed E-state index contributed by atoms with van der Waals surface area (Å²) in [7, 11) is 0. The molecule has 0 aliphatic rings. The molecule has 0 aliphatic carbocycles. The number of hydrogen-bond acceptors (Lipinski definition) is 3. The van der Waals surface area contributed by atoms with Gasteiger partial charge in [-0.05, 0) is 28.7 Å². The van der Waals surface area contributed by atoms with E-state index in [9.17, 15) is 10.1 Å². The molecule has 5 nitrogen and oxygen atoms in total. The van der Waals surface area contributed by atoms with Crippen molar-refractivity contribution in [3.8, 4) is 23.0 Å². The molecule has 5 heteroatoms. The van der Waals surface area contributed by atoms with Gasteiger partial charge in [-0.15, -0.1) is 0 Å². The average molecular weight is 345 g/mol. The van der Waals surface area contributed by atoms with Crippen molar-refractivity contribution in [3.63, 3.8) is 0 Å². The second-order valence-electron chi connectivity index (χ2n) is 7.14. The zero-order chi connectivity index (χ0) is 18.9. The van der Waals surface area contributed by atoms with E-state index < -0.39 is 5.97 Å². The lowest BCUT2D eigenvalue weighted by molar-refractivity contribution is 0.0696. The number of carboxylic acid groups (broad SMARTS) is 1. The van der Waals surface area contributed by atoms with E-state index in [0.717, 1.165) is 11.1 Å². The highest BCUT2D eigenvalue weighted by Gasteiger charge is 2.15. The minimum absolute atomic E-state index is 0.0592. The highest BCUT2D eigenvalue weighted by atomic mass is 16.4. The Morgan fingerprint density at radius 1 is 1.15 bits per heavy atom. The first-order chi connectivity index (χ1) is 12.3. The summed E-state index contributed by atoms with van der Waals surface area (Å²) in [5.74, 6) is -0.557. The normalized spacial score (nSPS) is 11.2. The van der Waals surface area contributed by atoms with Crippen molar-refractivity contribution in [1.82, 2.24) is 9.55 Å². The molecule has 0 spiro atoms. The van der Waals surface area contributed by atoms with Gasteiger partial charge in [-0.25, -0.2) is 9.78 Å². The molecule has 0 unspecified atom stereocenters. The predicted molar refractivity (Wildman–Crippen MR) is 99.4 cm³/mol. The van der Waals surface area contributed by atoms with Crippen LogP contribution in [-0.4, -0.2) is 20.6 Å². The van der Waals surface area contributed by atoms with Crippen LogP contribution in [0.25, 0.3) is 16.9 Å². The molecule has 1 aromatic carbocycles. The first-order valence-corrected chi connectivity index (χ1v) is 8.22. The Labute approximate surface area is 152 Å². The fraction of sp³-hybridized carbons (Fsp3) is 0.190. The monoisotopic (exact) mass is 345 g/mol. The number of benzene rings is 1. The summed E-state index contributed by atoms with van der Waals surface area (Å²) in [6.07, 6.45) is 4.92. The van der Waals surface area contributed by atoms with Crippen molar-refractivity contribution in [2.45, 2.75) is 26.2 Å². The lowest BCUT2D eigenvalue weighted by Gasteiger charge is -2.19. The highest BCUT2D eigenvalue weighted by molar-refractivity contribution is 5.88. The zero-order valence-corrected chi connectivity index (χ0v) is 14.9. The third-order valence-corrected chi connectivity index (χ3v) is 4.27. The van der Waals surface area contributed by atoms with Gasteiger partial charge in [0.1, 0.15) is 11.9 Å². The van der Waals surface area contributed by atoms with Gasteiger partial charge in [-0.1, -0.05) is 45.0 Å². The Hall–Kier alpha value is -3.39. The lowest BCUT2D eigenvalue weighted by Crippen LogP contribution is -2.10. The number of carboxylic acids is 1. The number of rotatable bonds is 3. The van der Waals surface area contributed by atoms with E-state index in [1.54, 1.807) is 17.0 Å². The number of aromatic nitrogens is 2. The molecule has 0 saturated carbocycles. The van der Waals surface area contributed by atoms with Crippen molar-refractivity contribution in [2.75, 3.05) is 0 Å². The summed E-state index contributed by atoms with van der Waals surface area (Å²) >= 11 is 0. The van der Waals surface area contributed by atoms with Crippen LogP contribution in [0.2, 0.25) is 0 Å². The smallest absolute Gasteiger partial charge is 0.335 e. The molecule has 0 aliphatic heterocycles. The summed E-state index contributed by atoms with van der Waals surface area (Å²) < 4.78 is 1.68. The van der Waals surface area contributed by atoms with Gasteiger partial charge in [0, 0.05) is 24.2 Å². The van der Waals surface area contributed by atoms with Gasteiger partial charge in [-0.2, -0.15) is 5.26 Å². The van der Waals surface area contributed by atoms with E-state index in [1.165, 1.54) is 23.9 Å². The number of nitriles is 1. The van der Waals surface area contributed by atoms with E-state index in [0.29, 0.717) is 11.4 Å². The SMILES string of the molecule is CC(C)(C)c1ccc(-c2cn(-c3cc(C(=O)O)ccn3)cc2C#N)cc1. The molecule has 2 aromatic heterocycles. The Morgan fingerprint density at radius 2 is 1.85 bits per heavy atom. The summed E-state index contributed by atoms with van der Waals surface area (Å²) in [5.41, 5.74) is 3.66. The van der Waals surface area contributed by atoms with E-state index >= 15 is 0 Å². The van der Waals surface area contributed by atoms with Crippen LogP contribution in [0.4, 0.5) is 0 Å². The molecular weight excluding hydrogens is 326 g/mol. The third kappa shape index (κ3) is 3.35. The highest BCUT2D eigenvalue weighted by Crippen LogP contribution is 2.29. The fourth-order valence-corrected chi connectivity index (χ4v) is 2.75. The molecule has 0 radical (unpaired) electrons. The maximum atomic E-state index is 11.2. The van der Waals surface area contributed by atoms with Crippen molar-refractivity contribution >= 4 is 5.97 Å². The van der Waals surface area contributed by atoms with Crippen LogP contribution in [0.3, 0.4) is 0 Å². The number of pyridine rings is 1. The summed E-state index contributed by atoms with van der Waals surface area (Å²) in [4.78, 5) is 15.4. The van der Waals surface area contributed by atoms with Crippen LogP contribution in [-0.2, 0) is 5.41 Å². The molecule has 0 atom stereocenters.